The minimum absolute atomic E-state index is 0.490. The summed E-state index contributed by atoms with van der Waals surface area (Å²) in [4.78, 5) is 7.14. The zero-order chi connectivity index (χ0) is 11.0. The predicted octanol–water partition coefficient (Wildman–Crippen LogP) is 2.84. The number of rotatable bonds is 1. The van der Waals surface area contributed by atoms with Gasteiger partial charge in [0.2, 0.25) is 0 Å². The van der Waals surface area contributed by atoms with Gasteiger partial charge in [-0.05, 0) is 24.5 Å². The molecule has 1 unspecified atom stereocenters. The van der Waals surface area contributed by atoms with Crippen molar-refractivity contribution in [1.82, 2.24) is 4.90 Å². The highest BCUT2D eigenvalue weighted by atomic mass is 32.2. The zero-order valence-electron chi connectivity index (χ0n) is 9.52. The Morgan fingerprint density at radius 1 is 1.38 bits per heavy atom. The van der Waals surface area contributed by atoms with E-state index in [1.54, 1.807) is 0 Å². The van der Waals surface area contributed by atoms with Crippen LogP contribution in [0.2, 0.25) is 0 Å². The molecule has 0 N–H and O–H groups in total. The van der Waals surface area contributed by atoms with Crippen molar-refractivity contribution in [3.8, 4) is 0 Å². The quantitative estimate of drug-likeness (QED) is 0.740. The van der Waals surface area contributed by atoms with Gasteiger partial charge in [0.05, 0.1) is 12.6 Å². The summed E-state index contributed by atoms with van der Waals surface area (Å²) in [6.07, 6.45) is 1.28. The molecular formula is C13H16N2S. The van der Waals surface area contributed by atoms with Crippen LogP contribution in [0.3, 0.4) is 0 Å². The molecule has 1 fully saturated rings. The van der Waals surface area contributed by atoms with Crippen molar-refractivity contribution >= 4 is 16.9 Å². The van der Waals surface area contributed by atoms with E-state index in [0.717, 1.165) is 6.54 Å². The Kier molecular flexibility index (Phi) is 2.64. The Balaban J connectivity index is 1.90. The molecular weight excluding hydrogens is 216 g/mol. The summed E-state index contributed by atoms with van der Waals surface area (Å²) in [5, 5.41) is 1.26. The Labute approximate surface area is 101 Å². The van der Waals surface area contributed by atoms with Crippen LogP contribution >= 0.6 is 11.8 Å². The van der Waals surface area contributed by atoms with Crippen LogP contribution in [0.15, 0.2) is 29.3 Å². The number of aliphatic imine (C=N–C) groups is 1. The van der Waals surface area contributed by atoms with Gasteiger partial charge in [-0.3, -0.25) is 4.99 Å². The molecule has 0 saturated carbocycles. The maximum atomic E-state index is 4.66. The lowest BCUT2D eigenvalue weighted by molar-refractivity contribution is 0.351. The Morgan fingerprint density at radius 2 is 2.25 bits per heavy atom. The summed E-state index contributed by atoms with van der Waals surface area (Å²) in [7, 11) is 0. The van der Waals surface area contributed by atoms with Crippen molar-refractivity contribution in [2.24, 2.45) is 4.99 Å². The van der Waals surface area contributed by atoms with Crippen molar-refractivity contribution < 1.29 is 0 Å². The number of hydrogen-bond donors (Lipinski definition) is 0. The fraction of sp³-hybridized carbons (Fsp3) is 0.462. The van der Waals surface area contributed by atoms with Gasteiger partial charge in [-0.2, -0.15) is 0 Å². The van der Waals surface area contributed by atoms with Crippen LogP contribution in [0.1, 0.15) is 23.6 Å². The number of benzene rings is 1. The van der Waals surface area contributed by atoms with Crippen LogP contribution in [0, 0.1) is 6.92 Å². The van der Waals surface area contributed by atoms with E-state index in [9.17, 15) is 0 Å². The Bertz CT molecular complexity index is 428. The molecule has 0 aromatic heterocycles. The fourth-order valence-corrected chi connectivity index (χ4v) is 3.50. The van der Waals surface area contributed by atoms with Crippen LogP contribution in [0.5, 0.6) is 0 Å². The molecule has 0 bridgehead atoms. The highest BCUT2D eigenvalue weighted by Gasteiger charge is 2.31. The van der Waals surface area contributed by atoms with Crippen LogP contribution in [-0.4, -0.2) is 28.9 Å². The van der Waals surface area contributed by atoms with Crippen LogP contribution in [0.25, 0.3) is 0 Å². The molecule has 3 rings (SSSR count). The molecule has 0 radical (unpaired) electrons. The summed E-state index contributed by atoms with van der Waals surface area (Å²) >= 11 is 1.91. The van der Waals surface area contributed by atoms with Gasteiger partial charge in [0.15, 0.2) is 5.17 Å². The van der Waals surface area contributed by atoms with E-state index in [0.29, 0.717) is 6.04 Å². The molecule has 2 aliphatic rings. The summed E-state index contributed by atoms with van der Waals surface area (Å²) in [5.41, 5.74) is 2.84. The minimum Gasteiger partial charge on any atom is -0.343 e. The summed E-state index contributed by atoms with van der Waals surface area (Å²) < 4.78 is 0. The van der Waals surface area contributed by atoms with Crippen molar-refractivity contribution in [3.63, 3.8) is 0 Å². The van der Waals surface area contributed by atoms with Crippen molar-refractivity contribution in [2.45, 2.75) is 19.4 Å². The molecule has 16 heavy (non-hydrogen) atoms. The molecule has 1 aromatic carbocycles. The van der Waals surface area contributed by atoms with E-state index >= 15 is 0 Å². The lowest BCUT2D eigenvalue weighted by Crippen LogP contribution is -2.34. The fourth-order valence-electron chi connectivity index (χ4n) is 2.49. The second kappa shape index (κ2) is 4.13. The third kappa shape index (κ3) is 1.63. The van der Waals surface area contributed by atoms with Gasteiger partial charge in [0, 0.05) is 12.3 Å². The topological polar surface area (TPSA) is 15.6 Å². The van der Waals surface area contributed by atoms with Gasteiger partial charge in [0.25, 0.3) is 0 Å². The van der Waals surface area contributed by atoms with Gasteiger partial charge in [-0.25, -0.2) is 0 Å². The molecule has 1 aromatic rings. The second-order valence-electron chi connectivity index (χ2n) is 4.39. The van der Waals surface area contributed by atoms with Crippen molar-refractivity contribution in [3.05, 3.63) is 35.4 Å². The van der Waals surface area contributed by atoms with Crippen LogP contribution < -0.4 is 0 Å². The number of hydrogen-bond acceptors (Lipinski definition) is 3. The highest BCUT2D eigenvalue weighted by Crippen LogP contribution is 2.34. The first-order valence-electron chi connectivity index (χ1n) is 5.85. The molecule has 0 aliphatic carbocycles. The second-order valence-corrected chi connectivity index (χ2v) is 5.45. The first kappa shape index (κ1) is 10.2. The van der Waals surface area contributed by atoms with Gasteiger partial charge >= 0.3 is 0 Å². The number of nitrogens with zero attached hydrogens (tertiary/aromatic N) is 2. The average Bonchev–Trinajstić information content (AvgIpc) is 2.74. The normalized spacial score (nSPS) is 24.2. The lowest BCUT2D eigenvalue weighted by Gasteiger charge is -2.31. The van der Waals surface area contributed by atoms with Crippen molar-refractivity contribution in [2.75, 3.05) is 18.8 Å². The molecule has 2 nitrogen and oxygen atoms in total. The lowest BCUT2D eigenvalue weighted by atomic mass is 10.0. The van der Waals surface area contributed by atoms with E-state index < -0.39 is 0 Å². The summed E-state index contributed by atoms with van der Waals surface area (Å²) in [6, 6.07) is 9.18. The first-order valence-corrected chi connectivity index (χ1v) is 6.84. The third-order valence-electron chi connectivity index (χ3n) is 3.34. The van der Waals surface area contributed by atoms with E-state index in [4.69, 9.17) is 0 Å². The molecule has 1 atom stereocenters. The molecule has 2 aliphatic heterocycles. The monoisotopic (exact) mass is 232 g/mol. The summed E-state index contributed by atoms with van der Waals surface area (Å²) in [6.45, 7) is 4.31. The van der Waals surface area contributed by atoms with Gasteiger partial charge in [-0.1, -0.05) is 36.0 Å². The largest absolute Gasteiger partial charge is 0.343 e. The van der Waals surface area contributed by atoms with E-state index in [-0.39, 0.29) is 0 Å². The SMILES string of the molecule is Cc1ccccc1C1CN=C2SCCCN21. The molecule has 0 spiro atoms. The van der Waals surface area contributed by atoms with Crippen LogP contribution in [0.4, 0.5) is 0 Å². The third-order valence-corrected chi connectivity index (χ3v) is 4.46. The molecule has 1 saturated heterocycles. The average molecular weight is 232 g/mol. The number of aryl methyl sites for hydroxylation is 1. The van der Waals surface area contributed by atoms with E-state index in [2.05, 4.69) is 41.1 Å². The van der Waals surface area contributed by atoms with E-state index in [1.807, 2.05) is 11.8 Å². The van der Waals surface area contributed by atoms with Gasteiger partial charge < -0.3 is 4.90 Å². The molecule has 3 heteroatoms. The number of amidine groups is 1. The predicted molar refractivity (Wildman–Crippen MR) is 70.0 cm³/mol. The zero-order valence-corrected chi connectivity index (χ0v) is 10.3. The Hall–Kier alpha value is -0.960. The first-order chi connectivity index (χ1) is 7.86. The summed E-state index contributed by atoms with van der Waals surface area (Å²) in [5.74, 6) is 1.23. The smallest absolute Gasteiger partial charge is 0.159 e. The van der Waals surface area contributed by atoms with Gasteiger partial charge in [0.1, 0.15) is 0 Å². The molecule has 84 valence electrons. The number of fused-ring (bicyclic) bond motifs is 1. The Morgan fingerprint density at radius 3 is 3.12 bits per heavy atom. The highest BCUT2D eigenvalue weighted by molar-refractivity contribution is 8.13. The van der Waals surface area contributed by atoms with Gasteiger partial charge in [-0.15, -0.1) is 0 Å². The minimum atomic E-state index is 0.490. The van der Waals surface area contributed by atoms with Crippen molar-refractivity contribution in [1.29, 1.82) is 0 Å². The standard InChI is InChI=1S/C13H16N2S/c1-10-5-2-3-6-11(10)12-9-14-13-15(12)7-4-8-16-13/h2-3,5-6,12H,4,7-9H2,1H3. The molecule has 2 heterocycles. The van der Waals surface area contributed by atoms with Crippen LogP contribution in [-0.2, 0) is 0 Å². The van der Waals surface area contributed by atoms with E-state index in [1.165, 1.54) is 35.0 Å². The maximum absolute atomic E-state index is 4.66. The molecule has 0 amide bonds. The number of thioether (sulfide) groups is 1. The maximum Gasteiger partial charge on any atom is 0.159 e.